The van der Waals surface area contributed by atoms with E-state index in [4.69, 9.17) is 4.74 Å². The Labute approximate surface area is 160 Å². The maximum atomic E-state index is 12.6. The number of aromatic nitrogens is 1. The Bertz CT molecular complexity index is 1000. The van der Waals surface area contributed by atoms with Crippen molar-refractivity contribution < 1.29 is 23.1 Å². The van der Waals surface area contributed by atoms with Gasteiger partial charge in [0.1, 0.15) is 17.9 Å². The van der Waals surface area contributed by atoms with E-state index in [1.165, 1.54) is 21.0 Å². The summed E-state index contributed by atoms with van der Waals surface area (Å²) in [7, 11) is -3.71. The molecule has 10 heteroatoms. The number of nitrogens with zero attached hydrogens (tertiary/aromatic N) is 2. The van der Waals surface area contributed by atoms with Crippen LogP contribution in [0.15, 0.2) is 33.3 Å². The Hall–Kier alpha value is -2.17. The monoisotopic (exact) mass is 412 g/mol. The van der Waals surface area contributed by atoms with Crippen LogP contribution in [0.1, 0.15) is 28.9 Å². The van der Waals surface area contributed by atoms with Gasteiger partial charge in [-0.25, -0.2) is 13.2 Å². The number of aromatic carboxylic acids is 1. The van der Waals surface area contributed by atoms with E-state index in [1.54, 1.807) is 12.3 Å². The molecule has 1 aliphatic rings. The van der Waals surface area contributed by atoms with Crippen molar-refractivity contribution in [2.75, 3.05) is 19.7 Å². The van der Waals surface area contributed by atoms with Gasteiger partial charge in [0.25, 0.3) is 0 Å². The number of carbonyl (C=O) groups is 1. The number of ether oxygens (including phenoxy) is 1. The molecule has 1 saturated heterocycles. The number of rotatable bonds is 7. The average molecular weight is 412 g/mol. The average Bonchev–Trinajstić information content (AvgIpc) is 3.27. The molecule has 3 rings (SSSR count). The first kappa shape index (κ1) is 19.6. The van der Waals surface area contributed by atoms with E-state index in [2.05, 4.69) is 0 Å². The van der Waals surface area contributed by atoms with Gasteiger partial charge in [0.05, 0.1) is 11.4 Å². The third kappa shape index (κ3) is 4.07. The highest BCUT2D eigenvalue weighted by Crippen LogP contribution is 2.26. The molecule has 27 heavy (non-hydrogen) atoms. The Morgan fingerprint density at radius 1 is 1.30 bits per heavy atom. The fourth-order valence-electron chi connectivity index (χ4n) is 2.96. The van der Waals surface area contributed by atoms with Gasteiger partial charge in [0, 0.05) is 24.2 Å². The summed E-state index contributed by atoms with van der Waals surface area (Å²) in [5.41, 5.74) is 0.587. The minimum Gasteiger partial charge on any atom is -0.491 e. The fourth-order valence-corrected chi connectivity index (χ4v) is 5.27. The number of hydrogen-bond acceptors (Lipinski definition) is 6. The second kappa shape index (κ2) is 7.83. The van der Waals surface area contributed by atoms with Crippen LogP contribution in [0.3, 0.4) is 0 Å². The number of sulfonamides is 1. The third-order valence-electron chi connectivity index (χ3n) is 4.43. The molecule has 8 nitrogen and oxygen atoms in total. The Balaban J connectivity index is 1.80. The molecule has 1 N–H and O–H groups in total. The van der Waals surface area contributed by atoms with Crippen LogP contribution < -0.4 is 9.61 Å². The van der Waals surface area contributed by atoms with Crippen LogP contribution in [0.2, 0.25) is 0 Å². The predicted octanol–water partition coefficient (Wildman–Crippen LogP) is 1.78. The van der Waals surface area contributed by atoms with Crippen molar-refractivity contribution in [3.63, 3.8) is 0 Å². The summed E-state index contributed by atoms with van der Waals surface area (Å²) in [6, 6.07) is 3.85. The third-order valence-corrected chi connectivity index (χ3v) is 7.21. The summed E-state index contributed by atoms with van der Waals surface area (Å²) in [6.45, 7) is 3.06. The smallest absolute Gasteiger partial charge is 0.339 e. The summed E-state index contributed by atoms with van der Waals surface area (Å²) in [5.74, 6) is -1.20. The summed E-state index contributed by atoms with van der Waals surface area (Å²) in [6.07, 6.45) is 1.60. The van der Waals surface area contributed by atoms with Gasteiger partial charge in [-0.05, 0) is 38.0 Å². The predicted molar refractivity (Wildman–Crippen MR) is 100 cm³/mol. The molecule has 0 bridgehead atoms. The standard InChI is InChI=1S/C17H20N2O6S2/c1-12-11-26-17(22)19(12)8-9-25-15-5-4-13(10-14(15)16(20)21)27(23,24)18-6-2-3-7-18/h4-5,10-11H,2-3,6-9H2,1H3,(H,20,21). The van der Waals surface area contributed by atoms with E-state index >= 15 is 0 Å². The van der Waals surface area contributed by atoms with Crippen molar-refractivity contribution in [1.29, 1.82) is 0 Å². The van der Waals surface area contributed by atoms with E-state index in [0.717, 1.165) is 35.9 Å². The highest BCUT2D eigenvalue weighted by Gasteiger charge is 2.28. The molecule has 0 aliphatic carbocycles. The van der Waals surface area contributed by atoms with Gasteiger partial charge in [0.15, 0.2) is 0 Å². The van der Waals surface area contributed by atoms with E-state index in [0.29, 0.717) is 13.1 Å². The maximum absolute atomic E-state index is 12.6. The number of aryl methyl sites for hydroxylation is 1. The minimum atomic E-state index is -3.71. The van der Waals surface area contributed by atoms with Crippen molar-refractivity contribution in [1.82, 2.24) is 8.87 Å². The Morgan fingerprint density at radius 2 is 2.00 bits per heavy atom. The van der Waals surface area contributed by atoms with Crippen LogP contribution in [0.5, 0.6) is 5.75 Å². The molecule has 2 heterocycles. The second-order valence-corrected chi connectivity index (χ2v) is 8.98. The number of carboxylic acid groups (broad SMARTS) is 1. The fraction of sp³-hybridized carbons (Fsp3) is 0.412. The summed E-state index contributed by atoms with van der Waals surface area (Å²) < 4.78 is 33.7. The molecule has 1 fully saturated rings. The van der Waals surface area contributed by atoms with Crippen LogP contribution in [-0.2, 0) is 16.6 Å². The Morgan fingerprint density at radius 3 is 2.59 bits per heavy atom. The lowest BCUT2D eigenvalue weighted by molar-refractivity contribution is 0.0691. The van der Waals surface area contributed by atoms with Gasteiger partial charge in [-0.1, -0.05) is 11.3 Å². The summed E-state index contributed by atoms with van der Waals surface area (Å²) in [4.78, 5) is 23.1. The molecule has 0 spiro atoms. The van der Waals surface area contributed by atoms with Crippen molar-refractivity contribution in [3.8, 4) is 5.75 Å². The molecule has 0 radical (unpaired) electrons. The second-order valence-electron chi connectivity index (χ2n) is 6.22. The first-order valence-electron chi connectivity index (χ1n) is 8.46. The SMILES string of the molecule is Cc1csc(=O)n1CCOc1ccc(S(=O)(=O)N2CCCC2)cc1C(=O)O. The molecule has 0 unspecified atom stereocenters. The topological polar surface area (TPSA) is 106 Å². The van der Waals surface area contributed by atoms with Gasteiger partial charge in [-0.3, -0.25) is 9.36 Å². The number of carboxylic acids is 1. The molecule has 1 aromatic carbocycles. The van der Waals surface area contributed by atoms with Gasteiger partial charge in [0.2, 0.25) is 10.0 Å². The quantitative estimate of drug-likeness (QED) is 0.743. The zero-order valence-corrected chi connectivity index (χ0v) is 16.4. The van der Waals surface area contributed by atoms with Gasteiger partial charge >= 0.3 is 10.8 Å². The molecule has 0 amide bonds. The van der Waals surface area contributed by atoms with Gasteiger partial charge < -0.3 is 9.84 Å². The molecule has 0 atom stereocenters. The minimum absolute atomic E-state index is 0.0564. The van der Waals surface area contributed by atoms with E-state index in [1.807, 2.05) is 0 Å². The lowest BCUT2D eigenvalue weighted by atomic mass is 10.2. The van der Waals surface area contributed by atoms with Crippen LogP contribution in [0.25, 0.3) is 0 Å². The maximum Gasteiger partial charge on any atom is 0.339 e. The first-order chi connectivity index (χ1) is 12.8. The lowest BCUT2D eigenvalue weighted by Crippen LogP contribution is -2.28. The molecule has 146 valence electrons. The summed E-state index contributed by atoms with van der Waals surface area (Å²) in [5, 5.41) is 11.2. The van der Waals surface area contributed by atoms with Crippen LogP contribution >= 0.6 is 11.3 Å². The molecule has 1 aliphatic heterocycles. The normalized spacial score (nSPS) is 15.1. The zero-order valence-electron chi connectivity index (χ0n) is 14.8. The zero-order chi connectivity index (χ0) is 19.6. The number of hydrogen-bond donors (Lipinski definition) is 1. The number of benzene rings is 1. The van der Waals surface area contributed by atoms with E-state index < -0.39 is 16.0 Å². The molecular formula is C17H20N2O6S2. The first-order valence-corrected chi connectivity index (χ1v) is 10.8. The van der Waals surface area contributed by atoms with E-state index in [9.17, 15) is 23.1 Å². The van der Waals surface area contributed by atoms with E-state index in [-0.39, 0.29) is 34.2 Å². The lowest BCUT2D eigenvalue weighted by Gasteiger charge is -2.17. The largest absolute Gasteiger partial charge is 0.491 e. The Kier molecular flexibility index (Phi) is 5.68. The molecular weight excluding hydrogens is 392 g/mol. The van der Waals surface area contributed by atoms with Crippen molar-refractivity contribution in [2.45, 2.75) is 31.2 Å². The van der Waals surface area contributed by atoms with Crippen LogP contribution in [0, 0.1) is 6.92 Å². The highest BCUT2D eigenvalue weighted by atomic mass is 32.2. The molecule has 0 saturated carbocycles. The van der Waals surface area contributed by atoms with Crippen LogP contribution in [0.4, 0.5) is 0 Å². The summed E-state index contributed by atoms with van der Waals surface area (Å²) >= 11 is 1.09. The van der Waals surface area contributed by atoms with Gasteiger partial charge in [-0.15, -0.1) is 0 Å². The molecule has 1 aromatic heterocycles. The highest BCUT2D eigenvalue weighted by molar-refractivity contribution is 7.89. The molecule has 2 aromatic rings. The van der Waals surface area contributed by atoms with Crippen LogP contribution in [-0.4, -0.2) is 48.1 Å². The van der Waals surface area contributed by atoms with Crippen molar-refractivity contribution >= 4 is 27.3 Å². The van der Waals surface area contributed by atoms with Gasteiger partial charge in [-0.2, -0.15) is 4.31 Å². The number of thiazole rings is 1. The van der Waals surface area contributed by atoms with Crippen molar-refractivity contribution in [2.24, 2.45) is 0 Å². The van der Waals surface area contributed by atoms with Crippen molar-refractivity contribution in [3.05, 3.63) is 44.5 Å².